The molecule has 5 heteroatoms. The molecule has 0 spiro atoms. The van der Waals surface area contributed by atoms with Crippen molar-refractivity contribution < 1.29 is 13.2 Å². The molecule has 1 nitrogen and oxygen atoms in total. The first-order valence-corrected chi connectivity index (χ1v) is 7.03. The van der Waals surface area contributed by atoms with E-state index in [2.05, 4.69) is 4.90 Å². The highest BCUT2D eigenvalue weighted by atomic mass is 35.5. The summed E-state index contributed by atoms with van der Waals surface area (Å²) in [5, 5.41) is 0. The monoisotopic (exact) mass is 291 g/mol. The van der Waals surface area contributed by atoms with E-state index in [9.17, 15) is 13.2 Å². The van der Waals surface area contributed by atoms with Crippen LogP contribution in [0.2, 0.25) is 0 Å². The number of nitrogens with zero attached hydrogens (tertiary/aromatic N) is 1. The first-order valence-electron chi connectivity index (χ1n) is 6.50. The van der Waals surface area contributed by atoms with Gasteiger partial charge >= 0.3 is 6.18 Å². The van der Waals surface area contributed by atoms with Crippen molar-refractivity contribution in [1.29, 1.82) is 0 Å². The average molecular weight is 292 g/mol. The van der Waals surface area contributed by atoms with Gasteiger partial charge in [0.1, 0.15) is 0 Å². The number of hydrogen-bond acceptors (Lipinski definition) is 1. The minimum Gasteiger partial charge on any atom is -0.369 e. The van der Waals surface area contributed by atoms with Crippen LogP contribution in [-0.4, -0.2) is 12.6 Å². The lowest BCUT2D eigenvalue weighted by atomic mass is 10.1. The van der Waals surface area contributed by atoms with Crippen LogP contribution < -0.4 is 4.90 Å². The second-order valence-corrected chi connectivity index (χ2v) is 5.16. The Morgan fingerprint density at radius 3 is 2.47 bits per heavy atom. The lowest BCUT2D eigenvalue weighted by Crippen LogP contribution is -2.27. The van der Waals surface area contributed by atoms with Gasteiger partial charge in [-0.15, -0.1) is 11.6 Å². The molecule has 0 atom stereocenters. The fourth-order valence-corrected chi connectivity index (χ4v) is 2.51. The summed E-state index contributed by atoms with van der Waals surface area (Å²) in [6.07, 6.45) is -1.28. The minimum absolute atomic E-state index is 0.119. The average Bonchev–Trinajstić information content (AvgIpc) is 3.18. The van der Waals surface area contributed by atoms with Crippen molar-refractivity contribution in [3.63, 3.8) is 0 Å². The van der Waals surface area contributed by atoms with Gasteiger partial charge in [0.15, 0.2) is 0 Å². The van der Waals surface area contributed by atoms with E-state index >= 15 is 0 Å². The van der Waals surface area contributed by atoms with E-state index in [0.29, 0.717) is 11.7 Å². The Balaban J connectivity index is 2.36. The van der Waals surface area contributed by atoms with Crippen molar-refractivity contribution in [3.05, 3.63) is 29.3 Å². The van der Waals surface area contributed by atoms with E-state index in [1.165, 1.54) is 12.1 Å². The predicted molar refractivity (Wildman–Crippen MR) is 71.7 cm³/mol. The van der Waals surface area contributed by atoms with Gasteiger partial charge in [-0.05, 0) is 37.0 Å². The third-order valence-electron chi connectivity index (χ3n) is 3.33. The molecule has 1 aromatic carbocycles. The maximum absolute atomic E-state index is 13.0. The van der Waals surface area contributed by atoms with Crippen molar-refractivity contribution in [3.8, 4) is 0 Å². The Kier molecular flexibility index (Phi) is 4.29. The van der Waals surface area contributed by atoms with Crippen LogP contribution in [0.3, 0.4) is 0 Å². The Labute approximate surface area is 116 Å². The summed E-state index contributed by atoms with van der Waals surface area (Å²) in [5.41, 5.74) is 0.192. The molecule has 106 valence electrons. The predicted octanol–water partition coefficient (Wildman–Crippen LogP) is 4.82. The van der Waals surface area contributed by atoms with Gasteiger partial charge in [-0.25, -0.2) is 0 Å². The topological polar surface area (TPSA) is 3.24 Å². The van der Waals surface area contributed by atoms with Crippen molar-refractivity contribution in [2.24, 2.45) is 0 Å². The summed E-state index contributed by atoms with van der Waals surface area (Å²) in [5.74, 6) is -0.119. The molecule has 0 amide bonds. The second-order valence-electron chi connectivity index (χ2n) is 4.90. The first-order chi connectivity index (χ1) is 8.97. The van der Waals surface area contributed by atoms with E-state index in [1.807, 2.05) is 6.92 Å². The molecule has 0 aromatic heterocycles. The molecule has 1 saturated carbocycles. The molecule has 1 aliphatic rings. The van der Waals surface area contributed by atoms with Crippen LogP contribution in [0.25, 0.3) is 0 Å². The van der Waals surface area contributed by atoms with Crippen molar-refractivity contribution >= 4 is 17.3 Å². The minimum atomic E-state index is -4.35. The van der Waals surface area contributed by atoms with Gasteiger partial charge in [-0.1, -0.05) is 13.0 Å². The SMILES string of the molecule is CCCN(c1ccc(CCl)c(C(F)(F)F)c1)C1CC1. The molecule has 19 heavy (non-hydrogen) atoms. The molecular weight excluding hydrogens is 275 g/mol. The molecule has 0 unspecified atom stereocenters. The maximum atomic E-state index is 13.0. The fraction of sp³-hybridized carbons (Fsp3) is 0.571. The molecule has 0 bridgehead atoms. The van der Waals surface area contributed by atoms with Gasteiger partial charge in [-0.2, -0.15) is 13.2 Å². The molecule has 1 aromatic rings. The van der Waals surface area contributed by atoms with Gasteiger partial charge in [0.2, 0.25) is 0 Å². The second kappa shape index (κ2) is 5.61. The number of rotatable bonds is 5. The standard InChI is InChI=1S/C14H17ClF3N/c1-2-7-19(11-5-6-11)12-4-3-10(9-15)13(8-12)14(16,17)18/h3-4,8,11H,2,5-7,9H2,1H3. The lowest BCUT2D eigenvalue weighted by molar-refractivity contribution is -0.138. The summed E-state index contributed by atoms with van der Waals surface area (Å²) in [4.78, 5) is 2.08. The molecule has 0 aliphatic heterocycles. The number of halogens is 4. The van der Waals surface area contributed by atoms with Crippen molar-refractivity contribution in [2.75, 3.05) is 11.4 Å². The number of benzene rings is 1. The van der Waals surface area contributed by atoms with Crippen LogP contribution in [0, 0.1) is 0 Å². The van der Waals surface area contributed by atoms with Crippen LogP contribution in [-0.2, 0) is 12.1 Å². The Morgan fingerprint density at radius 1 is 1.32 bits per heavy atom. The van der Waals surface area contributed by atoms with Gasteiger partial charge in [0, 0.05) is 24.2 Å². The molecule has 0 N–H and O–H groups in total. The van der Waals surface area contributed by atoms with Crippen LogP contribution in [0.1, 0.15) is 37.3 Å². The number of alkyl halides is 4. The Morgan fingerprint density at radius 2 is 2.00 bits per heavy atom. The van der Waals surface area contributed by atoms with E-state index in [-0.39, 0.29) is 11.4 Å². The third-order valence-corrected chi connectivity index (χ3v) is 3.61. The molecule has 1 aliphatic carbocycles. The zero-order valence-electron chi connectivity index (χ0n) is 10.8. The van der Waals surface area contributed by atoms with Gasteiger partial charge < -0.3 is 4.90 Å². The van der Waals surface area contributed by atoms with Gasteiger partial charge in [0.25, 0.3) is 0 Å². The highest BCUT2D eigenvalue weighted by molar-refractivity contribution is 6.17. The smallest absolute Gasteiger partial charge is 0.369 e. The first kappa shape index (κ1) is 14.5. The Bertz CT molecular complexity index is 441. The molecule has 2 rings (SSSR count). The van der Waals surface area contributed by atoms with E-state index < -0.39 is 11.7 Å². The lowest BCUT2D eigenvalue weighted by Gasteiger charge is -2.25. The summed E-state index contributed by atoms with van der Waals surface area (Å²) < 4.78 is 39.0. The third kappa shape index (κ3) is 3.35. The summed E-state index contributed by atoms with van der Waals surface area (Å²) in [7, 11) is 0. The molecule has 0 radical (unpaired) electrons. The van der Waals surface area contributed by atoms with E-state index in [4.69, 9.17) is 11.6 Å². The van der Waals surface area contributed by atoms with Gasteiger partial charge in [0.05, 0.1) is 5.56 Å². The van der Waals surface area contributed by atoms with Crippen molar-refractivity contribution in [1.82, 2.24) is 0 Å². The summed E-state index contributed by atoms with van der Waals surface area (Å²) >= 11 is 5.59. The molecular formula is C14H17ClF3N. The zero-order valence-corrected chi connectivity index (χ0v) is 11.6. The number of hydrogen-bond donors (Lipinski definition) is 0. The molecule has 1 fully saturated rings. The van der Waals surface area contributed by atoms with Crippen LogP contribution in [0.5, 0.6) is 0 Å². The van der Waals surface area contributed by atoms with E-state index in [1.54, 1.807) is 6.07 Å². The highest BCUT2D eigenvalue weighted by Crippen LogP contribution is 2.38. The largest absolute Gasteiger partial charge is 0.416 e. The normalized spacial score (nSPS) is 15.6. The fourth-order valence-electron chi connectivity index (χ4n) is 2.27. The Hall–Kier alpha value is -0.900. The molecule has 0 saturated heterocycles. The summed E-state index contributed by atoms with van der Waals surface area (Å²) in [6, 6.07) is 4.89. The molecule has 0 heterocycles. The zero-order chi connectivity index (χ0) is 14.0. The van der Waals surface area contributed by atoms with E-state index in [0.717, 1.165) is 25.8 Å². The quantitative estimate of drug-likeness (QED) is 0.703. The summed E-state index contributed by atoms with van der Waals surface area (Å²) in [6.45, 7) is 2.83. The number of anilines is 1. The van der Waals surface area contributed by atoms with Crippen LogP contribution in [0.15, 0.2) is 18.2 Å². The van der Waals surface area contributed by atoms with Crippen LogP contribution >= 0.6 is 11.6 Å². The van der Waals surface area contributed by atoms with Crippen molar-refractivity contribution in [2.45, 2.75) is 44.3 Å². The maximum Gasteiger partial charge on any atom is 0.416 e. The van der Waals surface area contributed by atoms with Crippen LogP contribution in [0.4, 0.5) is 18.9 Å². The highest BCUT2D eigenvalue weighted by Gasteiger charge is 2.35. The van der Waals surface area contributed by atoms with Gasteiger partial charge in [-0.3, -0.25) is 0 Å².